The summed E-state index contributed by atoms with van der Waals surface area (Å²) in [5, 5.41) is 51.1. The number of aliphatic hydroxyl groups excluding tert-OH is 4. The smallest absolute Gasteiger partial charge is 0.251 e. The van der Waals surface area contributed by atoms with Crippen LogP contribution in [0.3, 0.4) is 0 Å². The molecular formula is C25H33N3O7S. The largest absolute Gasteiger partial charge is 0.394 e. The maximum Gasteiger partial charge on any atom is 0.251 e. The second-order valence-corrected chi connectivity index (χ2v) is 10.3. The SMILES string of the molecule is CCN(CC)c1ccc2cc(/C(C)=C(\C#N)S(=O)(=O)N[C@H]3C(CO)O[C@H](CO)[C@@H](O)[C@@H]3O)ccc2c1. The molecule has 1 fully saturated rings. The van der Waals surface area contributed by atoms with E-state index >= 15 is 0 Å². The van der Waals surface area contributed by atoms with Crippen molar-refractivity contribution >= 4 is 32.1 Å². The molecule has 1 aliphatic rings. The van der Waals surface area contributed by atoms with Crippen LogP contribution in [0.5, 0.6) is 0 Å². The van der Waals surface area contributed by atoms with Gasteiger partial charge in [0.2, 0.25) is 0 Å². The summed E-state index contributed by atoms with van der Waals surface area (Å²) in [7, 11) is -4.48. The molecule has 36 heavy (non-hydrogen) atoms. The number of nitrogens with one attached hydrogen (secondary N) is 1. The van der Waals surface area contributed by atoms with Crippen molar-refractivity contribution in [2.45, 2.75) is 51.2 Å². The Bertz CT molecular complexity index is 1250. The Morgan fingerprint density at radius 1 is 1.03 bits per heavy atom. The number of aliphatic hydroxyl groups is 4. The molecule has 3 rings (SSSR count). The number of hydrogen-bond acceptors (Lipinski definition) is 9. The lowest BCUT2D eigenvalue weighted by molar-refractivity contribution is -0.198. The Labute approximate surface area is 211 Å². The second-order valence-electron chi connectivity index (χ2n) is 8.69. The van der Waals surface area contributed by atoms with Gasteiger partial charge in [-0.3, -0.25) is 0 Å². The zero-order valence-corrected chi connectivity index (χ0v) is 21.3. The number of fused-ring (bicyclic) bond motifs is 1. The van der Waals surface area contributed by atoms with Gasteiger partial charge in [0.15, 0.2) is 4.91 Å². The van der Waals surface area contributed by atoms with Crippen LogP contribution in [0.1, 0.15) is 26.3 Å². The molecule has 1 heterocycles. The number of nitriles is 1. The predicted molar refractivity (Wildman–Crippen MR) is 136 cm³/mol. The molecule has 1 aliphatic heterocycles. The topological polar surface area (TPSA) is 163 Å². The molecule has 1 unspecified atom stereocenters. The molecule has 5 atom stereocenters. The number of anilines is 1. The summed E-state index contributed by atoms with van der Waals surface area (Å²) in [5.41, 5.74) is 1.80. The molecule has 0 radical (unpaired) electrons. The van der Waals surface area contributed by atoms with Crippen molar-refractivity contribution in [2.75, 3.05) is 31.2 Å². The fourth-order valence-electron chi connectivity index (χ4n) is 4.46. The normalized spacial score (nSPS) is 25.3. The van der Waals surface area contributed by atoms with E-state index in [1.165, 1.54) is 6.92 Å². The van der Waals surface area contributed by atoms with Crippen LogP contribution in [0.4, 0.5) is 5.69 Å². The Hall–Kier alpha value is -2.56. The van der Waals surface area contributed by atoms with Crippen LogP contribution in [0.2, 0.25) is 0 Å². The molecule has 5 N–H and O–H groups in total. The van der Waals surface area contributed by atoms with Crippen molar-refractivity contribution in [3.05, 3.63) is 46.9 Å². The summed E-state index contributed by atoms with van der Waals surface area (Å²) in [6.45, 7) is 6.09. The quantitative estimate of drug-likeness (QED) is 0.300. The summed E-state index contributed by atoms with van der Waals surface area (Å²) < 4.78 is 33.9. The minimum atomic E-state index is -4.48. The summed E-state index contributed by atoms with van der Waals surface area (Å²) in [6, 6.07) is 11.7. The predicted octanol–water partition coefficient (Wildman–Crippen LogP) is 0.702. The van der Waals surface area contributed by atoms with Gasteiger partial charge >= 0.3 is 0 Å². The summed E-state index contributed by atoms with van der Waals surface area (Å²) in [4.78, 5) is 1.65. The number of allylic oxidation sites excluding steroid dienone is 2. The number of hydrogen-bond donors (Lipinski definition) is 5. The standard InChI is InChI=1S/C25H33N3O7S/c1-4-28(5-2)19-9-8-17-10-16(6-7-18(17)11-19)15(3)22(12-26)36(33,34)27-23-20(13-29)35-21(14-30)24(31)25(23)32/h6-11,20-21,23-25,27,29-32H,4-5,13-14H2,1-3H3/b22-15+/t20?,21-,23+,24-,25-/m1/s1. The van der Waals surface area contributed by atoms with Gasteiger partial charge in [-0.2, -0.15) is 5.26 Å². The molecule has 196 valence electrons. The molecule has 0 aliphatic carbocycles. The average molecular weight is 520 g/mol. The molecule has 0 bridgehead atoms. The van der Waals surface area contributed by atoms with Gasteiger partial charge in [0.25, 0.3) is 10.0 Å². The van der Waals surface area contributed by atoms with Gasteiger partial charge in [-0.1, -0.05) is 18.2 Å². The Kier molecular flexibility index (Phi) is 9.08. The van der Waals surface area contributed by atoms with E-state index in [9.17, 15) is 34.1 Å². The van der Waals surface area contributed by atoms with Crippen LogP contribution < -0.4 is 9.62 Å². The second kappa shape index (κ2) is 11.7. The van der Waals surface area contributed by atoms with Gasteiger partial charge in [0, 0.05) is 18.8 Å². The minimum absolute atomic E-state index is 0.195. The highest BCUT2D eigenvalue weighted by atomic mass is 32.2. The van der Waals surface area contributed by atoms with Crippen molar-refractivity contribution in [2.24, 2.45) is 0 Å². The van der Waals surface area contributed by atoms with Gasteiger partial charge in [-0.25, -0.2) is 13.1 Å². The number of rotatable bonds is 9. The third-order valence-electron chi connectivity index (χ3n) is 6.60. The first kappa shape index (κ1) is 28.0. The maximum atomic E-state index is 13.2. The summed E-state index contributed by atoms with van der Waals surface area (Å²) >= 11 is 0. The fourth-order valence-corrected chi connectivity index (χ4v) is 5.87. The van der Waals surface area contributed by atoms with Crippen LogP contribution in [-0.4, -0.2) is 85.6 Å². The van der Waals surface area contributed by atoms with E-state index in [2.05, 4.69) is 29.5 Å². The van der Waals surface area contributed by atoms with Crippen molar-refractivity contribution in [1.29, 1.82) is 5.26 Å². The minimum Gasteiger partial charge on any atom is -0.394 e. The van der Waals surface area contributed by atoms with Crippen LogP contribution in [0, 0.1) is 11.3 Å². The molecule has 1 saturated heterocycles. The Balaban J connectivity index is 1.95. The van der Waals surface area contributed by atoms with E-state index in [4.69, 9.17) is 4.74 Å². The van der Waals surface area contributed by atoms with Crippen LogP contribution >= 0.6 is 0 Å². The molecule has 10 nitrogen and oxygen atoms in total. The van der Waals surface area contributed by atoms with Crippen molar-refractivity contribution < 1.29 is 33.6 Å². The lowest BCUT2D eigenvalue weighted by Crippen LogP contribution is -2.65. The van der Waals surface area contributed by atoms with Crippen LogP contribution in [-0.2, 0) is 14.8 Å². The van der Waals surface area contributed by atoms with E-state index in [0.29, 0.717) is 5.56 Å². The molecule has 0 spiro atoms. The van der Waals surface area contributed by atoms with E-state index in [-0.39, 0.29) is 5.57 Å². The highest BCUT2D eigenvalue weighted by Gasteiger charge is 2.46. The van der Waals surface area contributed by atoms with E-state index in [1.54, 1.807) is 18.2 Å². The van der Waals surface area contributed by atoms with Crippen LogP contribution in [0.15, 0.2) is 41.3 Å². The average Bonchev–Trinajstić information content (AvgIpc) is 2.87. The zero-order chi connectivity index (χ0) is 26.6. The van der Waals surface area contributed by atoms with Gasteiger partial charge in [-0.15, -0.1) is 0 Å². The van der Waals surface area contributed by atoms with Gasteiger partial charge in [-0.05, 0) is 60.9 Å². The first-order valence-corrected chi connectivity index (χ1v) is 13.3. The van der Waals surface area contributed by atoms with Crippen LogP contribution in [0.25, 0.3) is 16.3 Å². The number of benzene rings is 2. The molecule has 0 aromatic heterocycles. The summed E-state index contributed by atoms with van der Waals surface area (Å²) in [6.07, 6.45) is -5.70. The Morgan fingerprint density at radius 3 is 2.22 bits per heavy atom. The molecule has 2 aromatic rings. The first-order chi connectivity index (χ1) is 17.1. The van der Waals surface area contributed by atoms with Crippen molar-refractivity contribution in [3.8, 4) is 6.07 Å². The summed E-state index contributed by atoms with van der Waals surface area (Å²) in [5.74, 6) is 0. The molecular weight excluding hydrogens is 486 g/mol. The lowest BCUT2D eigenvalue weighted by atomic mass is 9.94. The molecule has 2 aromatic carbocycles. The number of sulfonamides is 1. The highest BCUT2D eigenvalue weighted by Crippen LogP contribution is 2.29. The number of ether oxygens (including phenoxy) is 1. The fraction of sp³-hybridized carbons (Fsp3) is 0.480. The van der Waals surface area contributed by atoms with Gasteiger partial charge in [0.05, 0.1) is 19.3 Å². The monoisotopic (exact) mass is 519 g/mol. The van der Waals surface area contributed by atoms with Gasteiger partial charge in [0.1, 0.15) is 30.5 Å². The highest BCUT2D eigenvalue weighted by molar-refractivity contribution is 7.93. The zero-order valence-electron chi connectivity index (χ0n) is 20.5. The third kappa shape index (κ3) is 5.55. The van der Waals surface area contributed by atoms with E-state index in [0.717, 1.165) is 29.5 Å². The molecule has 0 amide bonds. The first-order valence-electron chi connectivity index (χ1n) is 11.8. The molecule has 11 heteroatoms. The maximum absolute atomic E-state index is 13.2. The lowest BCUT2D eigenvalue weighted by Gasteiger charge is -2.41. The van der Waals surface area contributed by atoms with E-state index in [1.807, 2.05) is 18.2 Å². The van der Waals surface area contributed by atoms with Crippen molar-refractivity contribution in [3.63, 3.8) is 0 Å². The third-order valence-corrected chi connectivity index (χ3v) is 8.11. The van der Waals surface area contributed by atoms with E-state index < -0.39 is 58.6 Å². The van der Waals surface area contributed by atoms with Crippen molar-refractivity contribution in [1.82, 2.24) is 4.72 Å². The molecule has 0 saturated carbocycles. The van der Waals surface area contributed by atoms with Gasteiger partial charge < -0.3 is 30.1 Å². The number of nitrogens with zero attached hydrogens (tertiary/aromatic N) is 2. The Morgan fingerprint density at radius 2 is 1.64 bits per heavy atom.